The van der Waals surface area contributed by atoms with Crippen LogP contribution in [0.1, 0.15) is 37.7 Å². The van der Waals surface area contributed by atoms with Gasteiger partial charge in [-0.1, -0.05) is 18.2 Å². The van der Waals surface area contributed by atoms with Crippen LogP contribution in [0.25, 0.3) is 0 Å². The van der Waals surface area contributed by atoms with Crippen molar-refractivity contribution in [1.29, 1.82) is 0 Å². The summed E-state index contributed by atoms with van der Waals surface area (Å²) < 4.78 is 29.7. The van der Waals surface area contributed by atoms with E-state index in [4.69, 9.17) is 0 Å². The summed E-state index contributed by atoms with van der Waals surface area (Å²) in [4.78, 5) is 36.1. The minimum atomic E-state index is -3.79. The SMILES string of the molecule is Cn1cnc(S(=O)(=O)N2CCCNC(=O)[C@@H]3C[C@@H]4CCCN4[C@@]34C(=O)N(CCC2)c2ccccc24)c1. The Hall–Kier alpha value is -2.76. The molecule has 4 aliphatic rings. The molecule has 0 aliphatic carbocycles. The number of hydrogen-bond acceptors (Lipinski definition) is 6. The van der Waals surface area contributed by atoms with Gasteiger partial charge in [0.05, 0.1) is 12.2 Å². The molecule has 4 aliphatic heterocycles. The molecule has 0 radical (unpaired) electrons. The van der Waals surface area contributed by atoms with Crippen LogP contribution in [0.3, 0.4) is 0 Å². The van der Waals surface area contributed by atoms with Crippen molar-refractivity contribution >= 4 is 27.5 Å². The van der Waals surface area contributed by atoms with Crippen molar-refractivity contribution in [3.8, 4) is 0 Å². The molecule has 192 valence electrons. The molecule has 2 amide bonds. The molecular weight excluding hydrogens is 480 g/mol. The summed E-state index contributed by atoms with van der Waals surface area (Å²) in [6, 6.07) is 8.04. The van der Waals surface area contributed by atoms with Gasteiger partial charge >= 0.3 is 0 Å². The Morgan fingerprint density at radius 1 is 1.06 bits per heavy atom. The maximum Gasteiger partial charge on any atom is 0.262 e. The average Bonchev–Trinajstić information content (AvgIpc) is 3.61. The quantitative estimate of drug-likeness (QED) is 0.645. The number of fused-ring (bicyclic) bond motifs is 4. The summed E-state index contributed by atoms with van der Waals surface area (Å²) in [5.41, 5.74) is 0.772. The lowest BCUT2D eigenvalue weighted by Gasteiger charge is -2.37. The molecule has 3 fully saturated rings. The Labute approximate surface area is 211 Å². The molecule has 6 rings (SSSR count). The zero-order chi connectivity index (χ0) is 25.1. The fourth-order valence-corrected chi connectivity index (χ4v) is 8.27. The van der Waals surface area contributed by atoms with Crippen LogP contribution >= 0.6 is 0 Å². The molecule has 0 unspecified atom stereocenters. The Morgan fingerprint density at radius 2 is 1.86 bits per heavy atom. The molecule has 5 heterocycles. The smallest absolute Gasteiger partial charge is 0.262 e. The van der Waals surface area contributed by atoms with Gasteiger partial charge in [0.15, 0.2) is 5.03 Å². The summed E-state index contributed by atoms with van der Waals surface area (Å²) in [5.74, 6) is -0.630. The van der Waals surface area contributed by atoms with Crippen LogP contribution in [0.2, 0.25) is 0 Å². The first-order chi connectivity index (χ1) is 17.3. The van der Waals surface area contributed by atoms with Crippen LogP contribution in [0, 0.1) is 5.92 Å². The Balaban J connectivity index is 1.37. The number of nitrogens with zero attached hydrogens (tertiary/aromatic N) is 5. The van der Waals surface area contributed by atoms with Gasteiger partial charge in [0, 0.05) is 56.7 Å². The molecule has 0 saturated carbocycles. The number of benzene rings is 1. The number of aryl methyl sites for hydroxylation is 1. The lowest BCUT2D eigenvalue weighted by Crippen LogP contribution is -2.56. The van der Waals surface area contributed by atoms with Crippen molar-refractivity contribution < 1.29 is 18.0 Å². The molecule has 2 aromatic rings. The number of carbonyl (C=O) groups excluding carboxylic acids is 2. The van der Waals surface area contributed by atoms with E-state index < -0.39 is 21.5 Å². The van der Waals surface area contributed by atoms with Crippen LogP contribution in [0.4, 0.5) is 5.69 Å². The number of sulfonamides is 1. The fourth-order valence-electron chi connectivity index (χ4n) is 6.78. The van der Waals surface area contributed by atoms with Crippen LogP contribution in [-0.2, 0) is 32.2 Å². The number of anilines is 1. The molecule has 1 N–H and O–H groups in total. The largest absolute Gasteiger partial charge is 0.356 e. The number of rotatable bonds is 2. The molecule has 36 heavy (non-hydrogen) atoms. The van der Waals surface area contributed by atoms with Crippen molar-refractivity contribution in [2.24, 2.45) is 13.0 Å². The molecule has 1 aromatic carbocycles. The Bertz CT molecular complexity index is 1310. The second-order valence-electron chi connectivity index (χ2n) is 10.3. The first kappa shape index (κ1) is 23.6. The number of nitrogens with one attached hydrogen (secondary N) is 1. The van der Waals surface area contributed by atoms with Crippen molar-refractivity contribution in [2.45, 2.75) is 48.7 Å². The van der Waals surface area contributed by atoms with Crippen molar-refractivity contribution in [3.05, 3.63) is 42.4 Å². The standard InChI is InChI=1S/C25H32N6O4S/c1-28-16-22(27-17-28)36(34,35)29-11-5-10-26-23(32)20-15-18-7-4-14-31(18)25(20)19-8-2-3-9-21(19)30(24(25)33)13-6-12-29/h2-3,8-9,16-18,20H,4-7,10-15H2,1H3,(H,26,32)/t18-,20-,25+/m0/s1. The summed E-state index contributed by atoms with van der Waals surface area (Å²) in [5, 5.41) is 3.06. The molecule has 2 bridgehead atoms. The average molecular weight is 513 g/mol. The number of para-hydroxylation sites is 1. The highest BCUT2D eigenvalue weighted by atomic mass is 32.2. The third-order valence-electron chi connectivity index (χ3n) is 8.29. The van der Waals surface area contributed by atoms with Crippen molar-refractivity contribution in [2.75, 3.05) is 37.6 Å². The highest BCUT2D eigenvalue weighted by Crippen LogP contribution is 2.57. The van der Waals surface area contributed by atoms with Crippen LogP contribution < -0.4 is 10.2 Å². The molecule has 10 nitrogen and oxygen atoms in total. The summed E-state index contributed by atoms with van der Waals surface area (Å²) >= 11 is 0. The van der Waals surface area contributed by atoms with Gasteiger partial charge in [-0.3, -0.25) is 14.5 Å². The van der Waals surface area contributed by atoms with Gasteiger partial charge < -0.3 is 14.8 Å². The van der Waals surface area contributed by atoms with Gasteiger partial charge in [-0.2, -0.15) is 4.31 Å². The third kappa shape index (κ3) is 3.36. The van der Waals surface area contributed by atoms with Gasteiger partial charge in [-0.25, -0.2) is 13.4 Å². The van der Waals surface area contributed by atoms with E-state index in [1.54, 1.807) is 16.5 Å². The van der Waals surface area contributed by atoms with Crippen molar-refractivity contribution in [3.63, 3.8) is 0 Å². The number of hydrogen-bond donors (Lipinski definition) is 1. The predicted octanol–water partition coefficient (Wildman–Crippen LogP) is 1.05. The van der Waals surface area contributed by atoms with Gasteiger partial charge in [-0.15, -0.1) is 0 Å². The molecular formula is C25H32N6O4S. The first-order valence-electron chi connectivity index (χ1n) is 12.8. The van der Waals surface area contributed by atoms with Crippen LogP contribution in [0.5, 0.6) is 0 Å². The number of amides is 2. The van der Waals surface area contributed by atoms with Gasteiger partial charge in [0.25, 0.3) is 15.9 Å². The minimum Gasteiger partial charge on any atom is -0.356 e. The van der Waals surface area contributed by atoms with E-state index >= 15 is 0 Å². The zero-order valence-electron chi connectivity index (χ0n) is 20.5. The van der Waals surface area contributed by atoms with E-state index in [0.29, 0.717) is 32.4 Å². The highest BCUT2D eigenvalue weighted by Gasteiger charge is 2.67. The molecule has 11 heteroatoms. The van der Waals surface area contributed by atoms with E-state index in [9.17, 15) is 18.0 Å². The Morgan fingerprint density at radius 3 is 2.67 bits per heavy atom. The van der Waals surface area contributed by atoms with E-state index in [2.05, 4.69) is 15.2 Å². The second-order valence-corrected chi connectivity index (χ2v) is 12.2. The van der Waals surface area contributed by atoms with Crippen molar-refractivity contribution in [1.82, 2.24) is 24.1 Å². The van der Waals surface area contributed by atoms with E-state index in [1.165, 1.54) is 16.8 Å². The number of aromatic nitrogens is 2. The molecule has 1 spiro atoms. The maximum absolute atomic E-state index is 14.3. The second kappa shape index (κ2) is 8.67. The molecule has 3 atom stereocenters. The molecule has 1 aromatic heterocycles. The van der Waals surface area contributed by atoms with E-state index in [1.807, 2.05) is 24.3 Å². The van der Waals surface area contributed by atoms with Crippen LogP contribution in [0.15, 0.2) is 41.8 Å². The Kier molecular flexibility index (Phi) is 5.69. The molecule has 3 saturated heterocycles. The summed E-state index contributed by atoms with van der Waals surface area (Å²) in [7, 11) is -2.06. The van der Waals surface area contributed by atoms with Crippen LogP contribution in [-0.4, -0.2) is 77.8 Å². The first-order valence-corrected chi connectivity index (χ1v) is 14.2. The fraction of sp³-hybridized carbons (Fsp3) is 0.560. The van der Waals surface area contributed by atoms with Gasteiger partial charge in [-0.05, 0) is 44.7 Å². The lowest BCUT2D eigenvalue weighted by atomic mass is 9.78. The summed E-state index contributed by atoms with van der Waals surface area (Å²) in [6.45, 7) is 2.08. The minimum absolute atomic E-state index is 0.00880. The lowest BCUT2D eigenvalue weighted by molar-refractivity contribution is -0.138. The number of carbonyl (C=O) groups is 2. The normalized spacial score (nSPS) is 29.6. The number of imidazole rings is 1. The maximum atomic E-state index is 14.3. The monoisotopic (exact) mass is 512 g/mol. The summed E-state index contributed by atoms with van der Waals surface area (Å²) in [6.07, 6.45) is 6.63. The topological polar surface area (TPSA) is 108 Å². The third-order valence-corrected chi connectivity index (χ3v) is 10.1. The van der Waals surface area contributed by atoms with E-state index in [-0.39, 0.29) is 36.0 Å². The predicted molar refractivity (Wildman–Crippen MR) is 133 cm³/mol. The van der Waals surface area contributed by atoms with E-state index in [0.717, 1.165) is 30.6 Å². The zero-order valence-corrected chi connectivity index (χ0v) is 21.3. The highest BCUT2D eigenvalue weighted by molar-refractivity contribution is 7.89. The van der Waals surface area contributed by atoms with Gasteiger partial charge in [0.2, 0.25) is 5.91 Å². The van der Waals surface area contributed by atoms with Gasteiger partial charge in [0.1, 0.15) is 5.54 Å².